The molecule has 31 heavy (non-hydrogen) atoms. The predicted octanol–water partition coefficient (Wildman–Crippen LogP) is 4.22. The zero-order chi connectivity index (χ0) is 22.4. The fraction of sp³-hybridized carbons (Fsp3) is 0.917. The number of hydrogen-bond acceptors (Lipinski definition) is 6. The number of nitrogens with one attached hydrogen (secondary N) is 1. The lowest BCUT2D eigenvalue weighted by atomic mass is 9.89. The van der Waals surface area contributed by atoms with Crippen LogP contribution in [0.3, 0.4) is 0 Å². The summed E-state index contributed by atoms with van der Waals surface area (Å²) in [5, 5.41) is 2.70. The molecule has 1 heterocycles. The number of amides is 1. The first kappa shape index (κ1) is 24.3. The highest BCUT2D eigenvalue weighted by Gasteiger charge is 2.36. The SMILES string of the molecule is C[C@@H]1OC(=O)[C@@H](NC(=O)OC(C)(C)C)CCC[C@H](CCOCC2CC2)[C@H]1OCC1CC1. The van der Waals surface area contributed by atoms with E-state index in [1.54, 1.807) is 20.8 Å². The van der Waals surface area contributed by atoms with Crippen LogP contribution in [-0.2, 0) is 23.7 Å². The van der Waals surface area contributed by atoms with E-state index in [0.717, 1.165) is 38.4 Å². The Balaban J connectivity index is 1.58. The third-order valence-corrected chi connectivity index (χ3v) is 6.18. The van der Waals surface area contributed by atoms with Crippen molar-refractivity contribution in [1.29, 1.82) is 0 Å². The normalized spacial score (nSPS) is 30.0. The second kappa shape index (κ2) is 11.0. The molecule has 0 aromatic carbocycles. The predicted molar refractivity (Wildman–Crippen MR) is 117 cm³/mol. The molecule has 0 unspecified atom stereocenters. The first-order valence-electron chi connectivity index (χ1n) is 12.1. The lowest BCUT2D eigenvalue weighted by molar-refractivity contribution is -0.161. The highest BCUT2D eigenvalue weighted by Crippen LogP contribution is 2.33. The molecule has 1 aliphatic heterocycles. The van der Waals surface area contributed by atoms with Gasteiger partial charge in [0.2, 0.25) is 0 Å². The van der Waals surface area contributed by atoms with Gasteiger partial charge in [-0.15, -0.1) is 0 Å². The molecule has 0 radical (unpaired) electrons. The van der Waals surface area contributed by atoms with Crippen molar-refractivity contribution in [2.45, 2.75) is 103 Å². The van der Waals surface area contributed by atoms with E-state index in [2.05, 4.69) is 5.32 Å². The summed E-state index contributed by atoms with van der Waals surface area (Å²) in [4.78, 5) is 25.0. The third kappa shape index (κ3) is 8.97. The van der Waals surface area contributed by atoms with Gasteiger partial charge in [-0.05, 0) is 90.4 Å². The number of rotatable bonds is 9. The first-order chi connectivity index (χ1) is 14.7. The molecule has 2 saturated carbocycles. The molecule has 2 aliphatic carbocycles. The topological polar surface area (TPSA) is 83.1 Å². The van der Waals surface area contributed by atoms with E-state index in [4.69, 9.17) is 18.9 Å². The van der Waals surface area contributed by atoms with Gasteiger partial charge in [0, 0.05) is 19.8 Å². The molecule has 1 saturated heterocycles. The average Bonchev–Trinajstić information content (AvgIpc) is 3.56. The fourth-order valence-corrected chi connectivity index (χ4v) is 4.04. The van der Waals surface area contributed by atoms with E-state index in [0.29, 0.717) is 18.9 Å². The van der Waals surface area contributed by atoms with E-state index in [1.165, 1.54) is 25.7 Å². The van der Waals surface area contributed by atoms with Gasteiger partial charge in [0.05, 0.1) is 6.10 Å². The first-order valence-corrected chi connectivity index (χ1v) is 12.1. The smallest absolute Gasteiger partial charge is 0.408 e. The van der Waals surface area contributed by atoms with Crippen LogP contribution in [-0.4, -0.2) is 55.7 Å². The van der Waals surface area contributed by atoms with Gasteiger partial charge in [0.15, 0.2) is 0 Å². The number of esters is 1. The Bertz CT molecular complexity index is 595. The van der Waals surface area contributed by atoms with Gasteiger partial charge in [-0.25, -0.2) is 9.59 Å². The summed E-state index contributed by atoms with van der Waals surface area (Å²) in [6.45, 7) is 9.60. The number of ether oxygens (including phenoxy) is 4. The van der Waals surface area contributed by atoms with Crippen LogP contribution >= 0.6 is 0 Å². The zero-order valence-electron chi connectivity index (χ0n) is 19.7. The van der Waals surface area contributed by atoms with E-state index in [-0.39, 0.29) is 18.1 Å². The van der Waals surface area contributed by atoms with Crippen LogP contribution in [0.2, 0.25) is 0 Å². The average molecular weight is 440 g/mol. The molecule has 1 amide bonds. The minimum absolute atomic E-state index is 0.144. The fourth-order valence-electron chi connectivity index (χ4n) is 4.04. The third-order valence-electron chi connectivity index (χ3n) is 6.18. The zero-order valence-corrected chi connectivity index (χ0v) is 19.7. The molecule has 3 rings (SSSR count). The van der Waals surface area contributed by atoms with Crippen molar-refractivity contribution >= 4 is 12.1 Å². The minimum Gasteiger partial charge on any atom is -0.458 e. The van der Waals surface area contributed by atoms with Crippen LogP contribution in [0.5, 0.6) is 0 Å². The Morgan fingerprint density at radius 2 is 1.74 bits per heavy atom. The van der Waals surface area contributed by atoms with Crippen LogP contribution in [0.4, 0.5) is 4.79 Å². The van der Waals surface area contributed by atoms with Crippen LogP contribution in [0, 0.1) is 17.8 Å². The molecule has 0 aromatic heterocycles. The second-order valence-corrected chi connectivity index (χ2v) is 10.6. The molecule has 0 spiro atoms. The van der Waals surface area contributed by atoms with Gasteiger partial charge in [0.1, 0.15) is 17.7 Å². The maximum atomic E-state index is 12.8. The van der Waals surface area contributed by atoms with Gasteiger partial charge in [-0.1, -0.05) is 6.42 Å². The van der Waals surface area contributed by atoms with Crippen molar-refractivity contribution in [3.63, 3.8) is 0 Å². The molecule has 1 N–H and O–H groups in total. The Labute approximate surface area is 186 Å². The summed E-state index contributed by atoms with van der Waals surface area (Å²) in [5.41, 5.74) is -0.618. The van der Waals surface area contributed by atoms with E-state index >= 15 is 0 Å². The maximum absolute atomic E-state index is 12.8. The summed E-state index contributed by atoms with van der Waals surface area (Å²) in [5.74, 6) is 1.25. The molecule has 0 bridgehead atoms. The summed E-state index contributed by atoms with van der Waals surface area (Å²) < 4.78 is 23.3. The molecule has 7 nitrogen and oxygen atoms in total. The molecule has 178 valence electrons. The highest BCUT2D eigenvalue weighted by atomic mass is 16.6. The minimum atomic E-state index is -0.703. The summed E-state index contributed by atoms with van der Waals surface area (Å²) in [6.07, 6.45) is 7.05. The van der Waals surface area contributed by atoms with E-state index < -0.39 is 23.7 Å². The van der Waals surface area contributed by atoms with E-state index in [1.807, 2.05) is 6.92 Å². The molecule has 3 fully saturated rings. The van der Waals surface area contributed by atoms with Gasteiger partial charge in [-0.2, -0.15) is 0 Å². The summed E-state index contributed by atoms with van der Waals surface area (Å²) in [7, 11) is 0. The molecule has 7 heteroatoms. The molecule has 0 aromatic rings. The van der Waals surface area contributed by atoms with Gasteiger partial charge in [0.25, 0.3) is 0 Å². The van der Waals surface area contributed by atoms with Crippen molar-refractivity contribution in [1.82, 2.24) is 5.32 Å². The number of carbonyl (C=O) groups is 2. The van der Waals surface area contributed by atoms with Crippen molar-refractivity contribution in [2.24, 2.45) is 17.8 Å². The number of hydrogen-bond donors (Lipinski definition) is 1. The van der Waals surface area contributed by atoms with Crippen LogP contribution in [0.25, 0.3) is 0 Å². The Hall–Kier alpha value is -1.34. The summed E-state index contributed by atoms with van der Waals surface area (Å²) >= 11 is 0. The number of alkyl carbamates (subject to hydrolysis) is 1. The maximum Gasteiger partial charge on any atom is 0.408 e. The standard InChI is InChI=1S/C24H41NO6/c1-16-21(29-15-18-10-11-18)19(12-13-28-14-17-8-9-17)6-5-7-20(22(26)30-16)25-23(27)31-24(2,3)4/h16-21H,5-15H2,1-4H3,(H,25,27)/t16-,19+,20-,21-/m0/s1. The van der Waals surface area contributed by atoms with Crippen LogP contribution in [0.1, 0.15) is 79.1 Å². The van der Waals surface area contributed by atoms with Gasteiger partial charge in [-0.3, -0.25) is 0 Å². The van der Waals surface area contributed by atoms with Crippen molar-refractivity contribution < 1.29 is 28.5 Å². The van der Waals surface area contributed by atoms with Crippen molar-refractivity contribution in [3.8, 4) is 0 Å². The lowest BCUT2D eigenvalue weighted by Crippen LogP contribution is -2.46. The van der Waals surface area contributed by atoms with E-state index in [9.17, 15) is 9.59 Å². The van der Waals surface area contributed by atoms with Crippen molar-refractivity contribution in [2.75, 3.05) is 19.8 Å². The molecular formula is C24H41NO6. The summed E-state index contributed by atoms with van der Waals surface area (Å²) in [6, 6.07) is -0.703. The lowest BCUT2D eigenvalue weighted by Gasteiger charge is -2.31. The highest BCUT2D eigenvalue weighted by molar-refractivity contribution is 5.81. The van der Waals surface area contributed by atoms with Crippen molar-refractivity contribution in [3.05, 3.63) is 0 Å². The Kier molecular flexibility index (Phi) is 8.62. The monoisotopic (exact) mass is 439 g/mol. The number of cyclic esters (lactones) is 1. The number of carbonyl (C=O) groups excluding carboxylic acids is 2. The van der Waals surface area contributed by atoms with Crippen LogP contribution in [0.15, 0.2) is 0 Å². The molecule has 4 atom stereocenters. The quantitative estimate of drug-likeness (QED) is 0.428. The van der Waals surface area contributed by atoms with Gasteiger partial charge < -0.3 is 24.3 Å². The Morgan fingerprint density at radius 1 is 1.06 bits per heavy atom. The molecular weight excluding hydrogens is 398 g/mol. The van der Waals surface area contributed by atoms with Gasteiger partial charge >= 0.3 is 12.1 Å². The van der Waals surface area contributed by atoms with Crippen LogP contribution < -0.4 is 5.32 Å². The largest absolute Gasteiger partial charge is 0.458 e. The Morgan fingerprint density at radius 3 is 2.39 bits per heavy atom. The second-order valence-electron chi connectivity index (χ2n) is 10.6. The molecule has 3 aliphatic rings.